The van der Waals surface area contributed by atoms with Crippen LogP contribution in [0.4, 0.5) is 0 Å². The molecule has 4 rings (SSSR count). The number of rotatable bonds is 4. The number of likely N-dealkylation sites (N-methyl/N-ethyl adjacent to an activating group) is 1. The van der Waals surface area contributed by atoms with Gasteiger partial charge < -0.3 is 4.90 Å². The fourth-order valence-corrected chi connectivity index (χ4v) is 6.08. The van der Waals surface area contributed by atoms with Crippen LogP contribution in [0.5, 0.6) is 0 Å². The van der Waals surface area contributed by atoms with Gasteiger partial charge in [0.15, 0.2) is 4.96 Å². The largest absolute Gasteiger partial charge is 0.339 e. The summed E-state index contributed by atoms with van der Waals surface area (Å²) in [7, 11) is 0. The summed E-state index contributed by atoms with van der Waals surface area (Å²) in [5.74, 6) is 0.214. The fraction of sp³-hybridized carbons (Fsp3) is 0.700. The number of carbonyl (C=O) groups excluding carboxylic acids is 1. The zero-order valence-electron chi connectivity index (χ0n) is 16.2. The van der Waals surface area contributed by atoms with Gasteiger partial charge in [0, 0.05) is 49.7 Å². The standard InChI is InChI=1S/C20H30N4OS/c1-4-23(16(3)25)17-12-20(8-6-5-7-9-20)22(13-17)14-18-15(2)21-19-24(18)10-11-26-19/h10-11,17H,4-9,12-14H2,1-3H3. The number of likely N-dealkylation sites (tertiary alicyclic amines) is 1. The summed E-state index contributed by atoms with van der Waals surface area (Å²) in [5, 5.41) is 2.11. The van der Waals surface area contributed by atoms with E-state index >= 15 is 0 Å². The van der Waals surface area contributed by atoms with Crippen LogP contribution in [-0.2, 0) is 11.3 Å². The van der Waals surface area contributed by atoms with Gasteiger partial charge in [0.2, 0.25) is 5.91 Å². The Morgan fingerprint density at radius 1 is 1.38 bits per heavy atom. The van der Waals surface area contributed by atoms with Crippen molar-refractivity contribution in [3.8, 4) is 0 Å². The molecule has 1 atom stereocenters. The molecule has 2 aliphatic rings. The lowest BCUT2D eigenvalue weighted by molar-refractivity contribution is -0.130. The van der Waals surface area contributed by atoms with E-state index in [1.165, 1.54) is 37.8 Å². The van der Waals surface area contributed by atoms with E-state index < -0.39 is 0 Å². The Morgan fingerprint density at radius 3 is 2.85 bits per heavy atom. The van der Waals surface area contributed by atoms with Crippen LogP contribution < -0.4 is 0 Å². The lowest BCUT2D eigenvalue weighted by Crippen LogP contribution is -2.45. The van der Waals surface area contributed by atoms with Crippen LogP contribution in [0.25, 0.3) is 4.96 Å². The molecule has 0 radical (unpaired) electrons. The Bertz CT molecular complexity index is 789. The minimum absolute atomic E-state index is 0.214. The molecule has 6 heteroatoms. The van der Waals surface area contributed by atoms with Crippen molar-refractivity contribution >= 4 is 22.2 Å². The highest BCUT2D eigenvalue weighted by Crippen LogP contribution is 2.44. The molecule has 0 bridgehead atoms. The Hall–Kier alpha value is -1.40. The number of imidazole rings is 1. The zero-order valence-corrected chi connectivity index (χ0v) is 17.0. The van der Waals surface area contributed by atoms with Gasteiger partial charge in [-0.1, -0.05) is 19.3 Å². The number of fused-ring (bicyclic) bond motifs is 1. The zero-order chi connectivity index (χ0) is 18.3. The average molecular weight is 375 g/mol. The first-order chi connectivity index (χ1) is 12.5. The third kappa shape index (κ3) is 2.97. The first-order valence-electron chi connectivity index (χ1n) is 9.97. The average Bonchev–Trinajstić information content (AvgIpc) is 3.26. The van der Waals surface area contributed by atoms with Gasteiger partial charge in [0.25, 0.3) is 0 Å². The summed E-state index contributed by atoms with van der Waals surface area (Å²) in [4.78, 5) is 22.7. The molecule has 1 amide bonds. The van der Waals surface area contributed by atoms with Crippen LogP contribution in [0, 0.1) is 6.92 Å². The van der Waals surface area contributed by atoms with E-state index in [4.69, 9.17) is 4.98 Å². The number of amides is 1. The number of hydrogen-bond acceptors (Lipinski definition) is 4. The summed E-state index contributed by atoms with van der Waals surface area (Å²) >= 11 is 1.70. The summed E-state index contributed by atoms with van der Waals surface area (Å²) in [6, 6.07) is 0.349. The molecule has 1 unspecified atom stereocenters. The van der Waals surface area contributed by atoms with Crippen LogP contribution in [0.15, 0.2) is 11.6 Å². The number of hydrogen-bond donors (Lipinski definition) is 0. The van der Waals surface area contributed by atoms with Gasteiger partial charge in [-0.3, -0.25) is 14.1 Å². The van der Waals surface area contributed by atoms with E-state index in [-0.39, 0.29) is 11.4 Å². The first-order valence-corrected chi connectivity index (χ1v) is 10.9. The first kappa shape index (κ1) is 18.0. The number of aromatic nitrogens is 2. The van der Waals surface area contributed by atoms with E-state index in [9.17, 15) is 4.79 Å². The maximum Gasteiger partial charge on any atom is 0.219 e. The Balaban J connectivity index is 1.64. The Kier molecular flexibility index (Phi) is 4.82. The van der Waals surface area contributed by atoms with Gasteiger partial charge in [-0.2, -0.15) is 0 Å². The van der Waals surface area contributed by atoms with Crippen molar-refractivity contribution < 1.29 is 4.79 Å². The van der Waals surface area contributed by atoms with Gasteiger partial charge in [-0.05, 0) is 33.1 Å². The van der Waals surface area contributed by atoms with Crippen LogP contribution in [0.1, 0.15) is 63.8 Å². The van der Waals surface area contributed by atoms with Crippen molar-refractivity contribution in [3.63, 3.8) is 0 Å². The molecular formula is C20H30N4OS. The maximum absolute atomic E-state index is 12.1. The molecule has 2 aromatic heterocycles. The quantitative estimate of drug-likeness (QED) is 0.816. The van der Waals surface area contributed by atoms with Crippen molar-refractivity contribution in [2.45, 2.75) is 77.4 Å². The second-order valence-electron chi connectivity index (χ2n) is 8.03. The lowest BCUT2D eigenvalue weighted by atomic mass is 9.79. The maximum atomic E-state index is 12.1. The summed E-state index contributed by atoms with van der Waals surface area (Å²) in [5.41, 5.74) is 2.72. The third-order valence-electron chi connectivity index (χ3n) is 6.59. The van der Waals surface area contributed by atoms with Crippen molar-refractivity contribution in [2.24, 2.45) is 0 Å². The molecular weight excluding hydrogens is 344 g/mol. The molecule has 5 nitrogen and oxygen atoms in total. The fourth-order valence-electron chi connectivity index (χ4n) is 5.30. The van der Waals surface area contributed by atoms with E-state index in [0.29, 0.717) is 6.04 Å². The smallest absolute Gasteiger partial charge is 0.219 e. The van der Waals surface area contributed by atoms with E-state index in [1.807, 2.05) is 0 Å². The van der Waals surface area contributed by atoms with E-state index in [0.717, 1.165) is 36.7 Å². The molecule has 1 aliphatic heterocycles. The molecule has 2 aromatic rings. The molecule has 2 fully saturated rings. The van der Waals surface area contributed by atoms with E-state index in [1.54, 1.807) is 18.3 Å². The number of thiazole rings is 1. The van der Waals surface area contributed by atoms with Crippen LogP contribution >= 0.6 is 11.3 Å². The second kappa shape index (κ2) is 6.97. The minimum atomic E-state index is 0.214. The van der Waals surface area contributed by atoms with Gasteiger partial charge in [0.1, 0.15) is 0 Å². The SMILES string of the molecule is CCN(C(C)=O)C1CN(Cc2c(C)nc3sccn23)C2(CCCCC2)C1. The molecule has 3 heterocycles. The predicted octanol–water partition coefficient (Wildman–Crippen LogP) is 3.85. The molecule has 142 valence electrons. The molecule has 1 saturated heterocycles. The summed E-state index contributed by atoms with van der Waals surface area (Å²) < 4.78 is 2.26. The minimum Gasteiger partial charge on any atom is -0.339 e. The highest BCUT2D eigenvalue weighted by Gasteiger charge is 2.47. The van der Waals surface area contributed by atoms with Crippen molar-refractivity contribution in [1.82, 2.24) is 19.2 Å². The van der Waals surface area contributed by atoms with Crippen molar-refractivity contribution in [2.75, 3.05) is 13.1 Å². The highest BCUT2D eigenvalue weighted by molar-refractivity contribution is 7.15. The molecule has 1 aliphatic carbocycles. The van der Waals surface area contributed by atoms with E-state index in [2.05, 4.69) is 39.6 Å². The van der Waals surface area contributed by atoms with Gasteiger partial charge in [0.05, 0.1) is 11.4 Å². The van der Waals surface area contributed by atoms with Gasteiger partial charge in [-0.25, -0.2) is 4.98 Å². The van der Waals surface area contributed by atoms with Crippen LogP contribution in [0.3, 0.4) is 0 Å². The third-order valence-corrected chi connectivity index (χ3v) is 7.35. The van der Waals surface area contributed by atoms with Crippen molar-refractivity contribution in [1.29, 1.82) is 0 Å². The molecule has 1 saturated carbocycles. The summed E-state index contributed by atoms with van der Waals surface area (Å²) in [6.07, 6.45) is 9.79. The number of nitrogens with zero attached hydrogens (tertiary/aromatic N) is 4. The van der Waals surface area contributed by atoms with Crippen LogP contribution in [0.2, 0.25) is 0 Å². The Morgan fingerprint density at radius 2 is 2.15 bits per heavy atom. The summed E-state index contributed by atoms with van der Waals surface area (Å²) in [6.45, 7) is 8.69. The predicted molar refractivity (Wildman–Crippen MR) is 105 cm³/mol. The normalized spacial score (nSPS) is 23.1. The Labute approximate surface area is 160 Å². The van der Waals surface area contributed by atoms with Crippen molar-refractivity contribution in [3.05, 3.63) is 23.0 Å². The molecule has 0 aromatic carbocycles. The molecule has 0 N–H and O–H groups in total. The number of carbonyl (C=O) groups is 1. The highest BCUT2D eigenvalue weighted by atomic mass is 32.1. The van der Waals surface area contributed by atoms with Crippen LogP contribution in [-0.4, -0.2) is 49.8 Å². The van der Waals surface area contributed by atoms with Gasteiger partial charge >= 0.3 is 0 Å². The number of aryl methyl sites for hydroxylation is 1. The second-order valence-corrected chi connectivity index (χ2v) is 8.90. The van der Waals surface area contributed by atoms with Gasteiger partial charge in [-0.15, -0.1) is 11.3 Å². The topological polar surface area (TPSA) is 40.9 Å². The lowest BCUT2D eigenvalue weighted by Gasteiger charge is -2.41. The molecule has 1 spiro atoms. The molecule has 26 heavy (non-hydrogen) atoms. The monoisotopic (exact) mass is 374 g/mol.